The van der Waals surface area contributed by atoms with Gasteiger partial charge in [-0.2, -0.15) is 0 Å². The normalized spacial score (nSPS) is 25.0. The second-order valence-corrected chi connectivity index (χ2v) is 5.74. The van der Waals surface area contributed by atoms with Crippen LogP contribution in [0.1, 0.15) is 12.0 Å². The fraction of sp³-hybridized carbons (Fsp3) is 0.500. The van der Waals surface area contributed by atoms with Gasteiger partial charge in [-0.25, -0.2) is 0 Å². The smallest absolute Gasteiger partial charge is 0.309 e. The molecule has 2 aliphatic heterocycles. The number of carboxylic acids is 1. The molecule has 1 fully saturated rings. The van der Waals surface area contributed by atoms with Gasteiger partial charge in [0.1, 0.15) is 0 Å². The fourth-order valence-corrected chi connectivity index (χ4v) is 2.96. The molecule has 0 amide bonds. The van der Waals surface area contributed by atoms with Crippen LogP contribution in [-0.2, 0) is 11.3 Å². The number of nitrogens with zero attached hydrogens (tertiary/aromatic N) is 1. The third kappa shape index (κ3) is 2.92. The van der Waals surface area contributed by atoms with Crippen molar-refractivity contribution in [2.24, 2.45) is 5.92 Å². The second kappa shape index (κ2) is 5.71. The van der Waals surface area contributed by atoms with E-state index in [0.717, 1.165) is 5.56 Å². The average molecular weight is 314 g/mol. The monoisotopic (exact) mass is 313 g/mol. The molecule has 114 valence electrons. The molecule has 2 N–H and O–H groups in total. The zero-order valence-electron chi connectivity index (χ0n) is 11.3. The van der Waals surface area contributed by atoms with Crippen molar-refractivity contribution in [1.82, 2.24) is 4.90 Å². The number of halogens is 1. The molecular formula is C14H16ClNO5. The maximum absolute atomic E-state index is 11.0. The highest BCUT2D eigenvalue weighted by atomic mass is 35.5. The minimum absolute atomic E-state index is 0.192. The number of carbonyl (C=O) groups is 1. The third-order valence-corrected chi connectivity index (χ3v) is 4.27. The van der Waals surface area contributed by atoms with Gasteiger partial charge in [0.15, 0.2) is 11.5 Å². The van der Waals surface area contributed by atoms with Gasteiger partial charge in [0, 0.05) is 24.2 Å². The molecule has 6 nitrogen and oxygen atoms in total. The number of benzene rings is 1. The van der Waals surface area contributed by atoms with Crippen molar-refractivity contribution in [2.75, 3.05) is 19.9 Å². The molecule has 0 bridgehead atoms. The fourth-order valence-electron chi connectivity index (χ4n) is 2.75. The lowest BCUT2D eigenvalue weighted by Crippen LogP contribution is -2.46. The lowest BCUT2D eigenvalue weighted by Gasteiger charge is -2.34. The van der Waals surface area contributed by atoms with Gasteiger partial charge in [-0.15, -0.1) is 0 Å². The van der Waals surface area contributed by atoms with Gasteiger partial charge in [-0.3, -0.25) is 9.69 Å². The summed E-state index contributed by atoms with van der Waals surface area (Å²) in [7, 11) is 0. The van der Waals surface area contributed by atoms with Crippen molar-refractivity contribution in [1.29, 1.82) is 0 Å². The lowest BCUT2D eigenvalue weighted by molar-refractivity contribution is -0.148. The van der Waals surface area contributed by atoms with E-state index in [-0.39, 0.29) is 6.79 Å². The van der Waals surface area contributed by atoms with Crippen LogP contribution < -0.4 is 9.47 Å². The summed E-state index contributed by atoms with van der Waals surface area (Å²) in [5.41, 5.74) is 0.877. The Bertz CT molecular complexity index is 565. The van der Waals surface area contributed by atoms with Crippen LogP contribution in [0.3, 0.4) is 0 Å². The molecule has 0 saturated carbocycles. The molecule has 0 radical (unpaired) electrons. The van der Waals surface area contributed by atoms with E-state index in [4.69, 9.17) is 26.2 Å². The van der Waals surface area contributed by atoms with Crippen molar-refractivity contribution >= 4 is 17.6 Å². The Morgan fingerprint density at radius 1 is 1.38 bits per heavy atom. The minimum Gasteiger partial charge on any atom is -0.481 e. The van der Waals surface area contributed by atoms with Crippen molar-refractivity contribution < 1.29 is 24.5 Å². The number of carboxylic acid groups (broad SMARTS) is 1. The Kier molecular flexibility index (Phi) is 3.93. The van der Waals surface area contributed by atoms with Gasteiger partial charge in [0.2, 0.25) is 6.79 Å². The van der Waals surface area contributed by atoms with Gasteiger partial charge in [0.25, 0.3) is 0 Å². The molecule has 7 heteroatoms. The molecule has 2 aliphatic rings. The highest BCUT2D eigenvalue weighted by Gasteiger charge is 2.33. The maximum atomic E-state index is 11.0. The molecule has 2 heterocycles. The SMILES string of the molecule is O=C(O)[C@H]1CCN(Cc2cc3c(cc2Cl)OCO3)C[C@H]1O. The molecular weight excluding hydrogens is 298 g/mol. The molecule has 21 heavy (non-hydrogen) atoms. The van der Waals surface area contributed by atoms with Gasteiger partial charge in [-0.1, -0.05) is 11.6 Å². The molecule has 0 spiro atoms. The first-order chi connectivity index (χ1) is 10.0. The summed E-state index contributed by atoms with van der Waals surface area (Å²) in [4.78, 5) is 13.0. The van der Waals surface area contributed by atoms with E-state index in [1.165, 1.54) is 0 Å². The standard InChI is InChI=1S/C14H16ClNO5/c15-10-4-13-12(20-7-21-13)3-8(10)5-16-2-1-9(14(18)19)11(17)6-16/h3-4,9,11,17H,1-2,5-7H2,(H,18,19)/t9-,11+/m0/s1. The number of fused-ring (bicyclic) bond motifs is 1. The summed E-state index contributed by atoms with van der Waals surface area (Å²) in [6.45, 7) is 1.66. The highest BCUT2D eigenvalue weighted by molar-refractivity contribution is 6.31. The summed E-state index contributed by atoms with van der Waals surface area (Å²) >= 11 is 6.22. The Hall–Kier alpha value is -1.50. The number of rotatable bonds is 3. The zero-order chi connectivity index (χ0) is 15.0. The van der Waals surface area contributed by atoms with E-state index in [1.54, 1.807) is 6.07 Å². The molecule has 0 aliphatic carbocycles. The molecule has 3 rings (SSSR count). The van der Waals surface area contributed by atoms with Crippen LogP contribution in [0.25, 0.3) is 0 Å². The molecule has 2 atom stereocenters. The number of piperidine rings is 1. The van der Waals surface area contributed by atoms with E-state index >= 15 is 0 Å². The number of likely N-dealkylation sites (tertiary alicyclic amines) is 1. The highest BCUT2D eigenvalue weighted by Crippen LogP contribution is 2.37. The van der Waals surface area contributed by atoms with Crippen molar-refractivity contribution in [2.45, 2.75) is 19.1 Å². The van der Waals surface area contributed by atoms with Crippen LogP contribution in [0, 0.1) is 5.92 Å². The van der Waals surface area contributed by atoms with Crippen LogP contribution in [0.2, 0.25) is 5.02 Å². The van der Waals surface area contributed by atoms with E-state index in [2.05, 4.69) is 0 Å². The quantitative estimate of drug-likeness (QED) is 0.876. The largest absolute Gasteiger partial charge is 0.481 e. The van der Waals surface area contributed by atoms with Crippen LogP contribution in [0.4, 0.5) is 0 Å². The van der Waals surface area contributed by atoms with Crippen LogP contribution in [0.15, 0.2) is 12.1 Å². The van der Waals surface area contributed by atoms with Crippen molar-refractivity contribution in [3.8, 4) is 11.5 Å². The Morgan fingerprint density at radius 3 is 2.76 bits per heavy atom. The summed E-state index contributed by atoms with van der Waals surface area (Å²) < 4.78 is 10.6. The molecule has 1 aromatic carbocycles. The van der Waals surface area contributed by atoms with Crippen LogP contribution in [-0.4, -0.2) is 47.1 Å². The topological polar surface area (TPSA) is 79.2 Å². The zero-order valence-corrected chi connectivity index (χ0v) is 12.0. The van der Waals surface area contributed by atoms with Gasteiger partial charge in [-0.05, 0) is 24.6 Å². The van der Waals surface area contributed by atoms with Crippen molar-refractivity contribution in [3.63, 3.8) is 0 Å². The molecule has 0 unspecified atom stereocenters. The average Bonchev–Trinajstić information content (AvgIpc) is 2.86. The van der Waals surface area contributed by atoms with Gasteiger partial charge in [0.05, 0.1) is 12.0 Å². The van der Waals surface area contributed by atoms with E-state index in [9.17, 15) is 9.90 Å². The summed E-state index contributed by atoms with van der Waals surface area (Å²) in [6, 6.07) is 3.56. The number of β-amino-alcohol motifs (C(OH)–C–C–N with tert-alkyl or cyclic N) is 1. The van der Waals surface area contributed by atoms with E-state index in [0.29, 0.717) is 42.6 Å². The Morgan fingerprint density at radius 2 is 2.10 bits per heavy atom. The number of ether oxygens (including phenoxy) is 2. The number of aliphatic hydroxyl groups is 1. The van der Waals surface area contributed by atoms with E-state index < -0.39 is 18.0 Å². The van der Waals surface area contributed by atoms with E-state index in [1.807, 2.05) is 11.0 Å². The number of hydrogen-bond donors (Lipinski definition) is 2. The number of hydrogen-bond acceptors (Lipinski definition) is 5. The second-order valence-electron chi connectivity index (χ2n) is 5.33. The van der Waals surface area contributed by atoms with Crippen LogP contribution >= 0.6 is 11.6 Å². The summed E-state index contributed by atoms with van der Waals surface area (Å²) in [5, 5.41) is 19.5. The molecule has 1 saturated heterocycles. The van der Waals surface area contributed by atoms with Gasteiger partial charge < -0.3 is 19.7 Å². The Balaban J connectivity index is 1.69. The molecule has 1 aromatic rings. The maximum Gasteiger partial charge on any atom is 0.309 e. The predicted octanol–water partition coefficient (Wildman–Crippen LogP) is 1.34. The summed E-state index contributed by atoms with van der Waals surface area (Å²) in [6.07, 6.45) is -0.428. The summed E-state index contributed by atoms with van der Waals surface area (Å²) in [5.74, 6) is -0.333. The van der Waals surface area contributed by atoms with Crippen molar-refractivity contribution in [3.05, 3.63) is 22.7 Å². The Labute approximate surface area is 126 Å². The minimum atomic E-state index is -0.941. The lowest BCUT2D eigenvalue weighted by atomic mass is 9.94. The number of aliphatic carboxylic acids is 1. The van der Waals surface area contributed by atoms with Gasteiger partial charge >= 0.3 is 5.97 Å². The first-order valence-corrected chi connectivity index (χ1v) is 7.13. The molecule has 0 aromatic heterocycles. The van der Waals surface area contributed by atoms with Crippen LogP contribution in [0.5, 0.6) is 11.5 Å². The number of aliphatic hydroxyl groups excluding tert-OH is 1. The predicted molar refractivity (Wildman–Crippen MR) is 74.6 cm³/mol. The first kappa shape index (κ1) is 14.4. The third-order valence-electron chi connectivity index (χ3n) is 3.92. The first-order valence-electron chi connectivity index (χ1n) is 6.76.